The van der Waals surface area contributed by atoms with E-state index in [1.54, 1.807) is 46.5 Å². The molecule has 2 aromatic rings. The van der Waals surface area contributed by atoms with E-state index in [0.717, 1.165) is 0 Å². The SMILES string of the molecule is CN(CC(=O)N1CCC(NS(=O)(=O)c2cccs2)CC1)c1ccc(Cl)nn1. The Balaban J connectivity index is 1.50. The van der Waals surface area contributed by atoms with Gasteiger partial charge in [0, 0.05) is 26.2 Å². The molecular weight excluding hydrogens is 410 g/mol. The average molecular weight is 430 g/mol. The van der Waals surface area contributed by atoms with Crippen molar-refractivity contribution < 1.29 is 13.2 Å². The Morgan fingerprint density at radius 1 is 1.33 bits per heavy atom. The number of sulfonamides is 1. The molecule has 11 heteroatoms. The Hall–Kier alpha value is -1.75. The number of amides is 1. The van der Waals surface area contributed by atoms with E-state index < -0.39 is 10.0 Å². The Labute approximate surface area is 167 Å². The molecule has 8 nitrogen and oxygen atoms in total. The van der Waals surface area contributed by atoms with Crippen LogP contribution in [0.1, 0.15) is 12.8 Å². The van der Waals surface area contributed by atoms with Crippen LogP contribution in [0.2, 0.25) is 5.15 Å². The molecule has 1 aliphatic heterocycles. The number of nitrogens with zero attached hydrogens (tertiary/aromatic N) is 4. The molecule has 27 heavy (non-hydrogen) atoms. The summed E-state index contributed by atoms with van der Waals surface area (Å²) in [6.45, 7) is 1.19. The Kier molecular flexibility index (Phi) is 6.30. The van der Waals surface area contributed by atoms with Crippen LogP contribution in [0, 0.1) is 0 Å². The van der Waals surface area contributed by atoms with Gasteiger partial charge in [-0.2, -0.15) is 0 Å². The van der Waals surface area contributed by atoms with Gasteiger partial charge in [0.2, 0.25) is 15.9 Å². The van der Waals surface area contributed by atoms with Gasteiger partial charge < -0.3 is 9.80 Å². The molecule has 0 aliphatic carbocycles. The third-order valence-electron chi connectivity index (χ3n) is 4.31. The Morgan fingerprint density at radius 2 is 2.07 bits per heavy atom. The summed E-state index contributed by atoms with van der Waals surface area (Å²) in [5, 5.41) is 9.75. The third kappa shape index (κ3) is 5.16. The zero-order valence-electron chi connectivity index (χ0n) is 14.7. The van der Waals surface area contributed by atoms with Crippen LogP contribution in [0.25, 0.3) is 0 Å². The Morgan fingerprint density at radius 3 is 2.67 bits per heavy atom. The second kappa shape index (κ2) is 8.51. The molecule has 0 bridgehead atoms. The van der Waals surface area contributed by atoms with Crippen molar-refractivity contribution in [3.05, 3.63) is 34.8 Å². The summed E-state index contributed by atoms with van der Waals surface area (Å²) in [4.78, 5) is 16.0. The van der Waals surface area contributed by atoms with E-state index in [-0.39, 0.29) is 18.5 Å². The molecule has 0 atom stereocenters. The topological polar surface area (TPSA) is 95.5 Å². The summed E-state index contributed by atoms with van der Waals surface area (Å²) in [5.41, 5.74) is 0. The van der Waals surface area contributed by atoms with Gasteiger partial charge >= 0.3 is 0 Å². The van der Waals surface area contributed by atoms with Crippen LogP contribution in [-0.2, 0) is 14.8 Å². The number of rotatable bonds is 6. The molecule has 1 fully saturated rings. The summed E-state index contributed by atoms with van der Waals surface area (Å²) >= 11 is 6.91. The molecule has 1 saturated heterocycles. The molecule has 0 spiro atoms. The largest absolute Gasteiger partial charge is 0.349 e. The van der Waals surface area contributed by atoms with Crippen molar-refractivity contribution in [3.8, 4) is 0 Å². The molecule has 1 aliphatic rings. The van der Waals surface area contributed by atoms with Crippen LogP contribution in [0.3, 0.4) is 0 Å². The number of hydrogen-bond acceptors (Lipinski definition) is 7. The van der Waals surface area contributed by atoms with Gasteiger partial charge in [0.15, 0.2) is 11.0 Å². The van der Waals surface area contributed by atoms with E-state index in [1.807, 2.05) is 0 Å². The monoisotopic (exact) mass is 429 g/mol. The number of likely N-dealkylation sites (N-methyl/N-ethyl adjacent to an activating group) is 1. The minimum Gasteiger partial charge on any atom is -0.349 e. The van der Waals surface area contributed by atoms with Crippen LogP contribution in [0.5, 0.6) is 0 Å². The number of halogens is 1. The molecular formula is C16H20ClN5O3S2. The summed E-state index contributed by atoms with van der Waals surface area (Å²) in [6.07, 6.45) is 1.17. The number of piperidine rings is 1. The number of hydrogen-bond donors (Lipinski definition) is 1. The smallest absolute Gasteiger partial charge is 0.250 e. The number of likely N-dealkylation sites (tertiary alicyclic amines) is 1. The van der Waals surface area contributed by atoms with Crippen molar-refractivity contribution in [1.29, 1.82) is 0 Å². The number of aromatic nitrogens is 2. The van der Waals surface area contributed by atoms with E-state index in [1.165, 1.54) is 11.3 Å². The van der Waals surface area contributed by atoms with Crippen LogP contribution in [0.15, 0.2) is 33.9 Å². The van der Waals surface area contributed by atoms with E-state index in [4.69, 9.17) is 11.6 Å². The van der Waals surface area contributed by atoms with Crippen LogP contribution < -0.4 is 9.62 Å². The standard InChI is InChI=1S/C16H20ClN5O3S2/c1-21(14-5-4-13(17)18-19-14)11-15(23)22-8-6-12(7-9-22)20-27(24,25)16-3-2-10-26-16/h2-5,10,12,20H,6-9,11H2,1H3. The lowest BCUT2D eigenvalue weighted by Gasteiger charge is -2.33. The lowest BCUT2D eigenvalue weighted by atomic mass is 10.1. The first-order valence-electron chi connectivity index (χ1n) is 8.39. The minimum atomic E-state index is -3.48. The molecule has 146 valence electrons. The first-order chi connectivity index (χ1) is 12.8. The van der Waals surface area contributed by atoms with Gasteiger partial charge in [-0.15, -0.1) is 21.5 Å². The van der Waals surface area contributed by atoms with E-state index in [9.17, 15) is 13.2 Å². The lowest BCUT2D eigenvalue weighted by molar-refractivity contribution is -0.130. The van der Waals surface area contributed by atoms with Crippen molar-refractivity contribution in [1.82, 2.24) is 19.8 Å². The molecule has 1 N–H and O–H groups in total. The minimum absolute atomic E-state index is 0.0335. The van der Waals surface area contributed by atoms with Gasteiger partial charge in [0.25, 0.3) is 0 Å². The van der Waals surface area contributed by atoms with E-state index >= 15 is 0 Å². The van der Waals surface area contributed by atoms with Gasteiger partial charge in [-0.3, -0.25) is 4.79 Å². The summed E-state index contributed by atoms with van der Waals surface area (Å²) < 4.78 is 27.6. The fourth-order valence-corrected chi connectivity index (χ4v) is 5.25. The summed E-state index contributed by atoms with van der Waals surface area (Å²) in [7, 11) is -1.72. The normalized spacial score (nSPS) is 15.7. The number of nitrogens with one attached hydrogen (secondary N) is 1. The molecule has 0 saturated carbocycles. The predicted octanol–water partition coefficient (Wildman–Crippen LogP) is 1.60. The maximum atomic E-state index is 12.5. The first-order valence-corrected chi connectivity index (χ1v) is 11.1. The quantitative estimate of drug-likeness (QED) is 0.749. The lowest BCUT2D eigenvalue weighted by Crippen LogP contribution is -2.48. The van der Waals surface area contributed by atoms with Crippen LogP contribution in [0.4, 0.5) is 5.82 Å². The van der Waals surface area contributed by atoms with Gasteiger partial charge in [0.05, 0.1) is 6.54 Å². The van der Waals surface area contributed by atoms with Gasteiger partial charge in [-0.1, -0.05) is 17.7 Å². The molecule has 3 heterocycles. The number of anilines is 1. The van der Waals surface area contributed by atoms with E-state index in [0.29, 0.717) is 41.1 Å². The molecule has 0 unspecified atom stereocenters. The maximum absolute atomic E-state index is 12.5. The summed E-state index contributed by atoms with van der Waals surface area (Å²) in [6, 6.07) is 6.45. The first kappa shape index (κ1) is 20.0. The predicted molar refractivity (Wildman–Crippen MR) is 105 cm³/mol. The highest BCUT2D eigenvalue weighted by Crippen LogP contribution is 2.19. The van der Waals surface area contributed by atoms with Crippen molar-refractivity contribution in [3.63, 3.8) is 0 Å². The highest BCUT2D eigenvalue weighted by Gasteiger charge is 2.27. The second-order valence-electron chi connectivity index (χ2n) is 6.28. The average Bonchev–Trinajstić information content (AvgIpc) is 3.18. The van der Waals surface area contributed by atoms with E-state index in [2.05, 4.69) is 14.9 Å². The molecule has 0 radical (unpaired) electrons. The Bertz CT molecular complexity index is 866. The van der Waals surface area contributed by atoms with Crippen LogP contribution >= 0.6 is 22.9 Å². The molecule has 2 aromatic heterocycles. The fourth-order valence-electron chi connectivity index (χ4n) is 2.84. The third-order valence-corrected chi connectivity index (χ3v) is 7.43. The number of carbonyl (C=O) groups excluding carboxylic acids is 1. The fraction of sp³-hybridized carbons (Fsp3) is 0.438. The highest BCUT2D eigenvalue weighted by molar-refractivity contribution is 7.91. The molecule has 1 amide bonds. The van der Waals surface area contributed by atoms with Gasteiger partial charge in [-0.05, 0) is 36.4 Å². The number of carbonyl (C=O) groups is 1. The summed E-state index contributed by atoms with van der Waals surface area (Å²) in [5.74, 6) is 0.528. The van der Waals surface area contributed by atoms with Crippen molar-refractivity contribution >= 4 is 44.7 Å². The van der Waals surface area contributed by atoms with Crippen LogP contribution in [-0.4, -0.2) is 62.1 Å². The van der Waals surface area contributed by atoms with Crippen molar-refractivity contribution in [2.24, 2.45) is 0 Å². The zero-order valence-corrected chi connectivity index (χ0v) is 17.1. The van der Waals surface area contributed by atoms with Crippen molar-refractivity contribution in [2.75, 3.05) is 31.6 Å². The number of thiophene rings is 1. The highest BCUT2D eigenvalue weighted by atomic mass is 35.5. The zero-order chi connectivity index (χ0) is 19.4. The van der Waals surface area contributed by atoms with Gasteiger partial charge in [-0.25, -0.2) is 13.1 Å². The maximum Gasteiger partial charge on any atom is 0.250 e. The van der Waals surface area contributed by atoms with Gasteiger partial charge in [0.1, 0.15) is 4.21 Å². The molecule has 0 aromatic carbocycles. The molecule has 3 rings (SSSR count). The van der Waals surface area contributed by atoms with Crippen molar-refractivity contribution in [2.45, 2.75) is 23.1 Å². The second-order valence-corrected chi connectivity index (χ2v) is 9.55.